The number of hydrogen-bond donors (Lipinski definition) is 1. The van der Waals surface area contributed by atoms with Gasteiger partial charge in [0.1, 0.15) is 0 Å². The monoisotopic (exact) mass is 404 g/mol. The van der Waals surface area contributed by atoms with Crippen LogP contribution in [-0.4, -0.2) is 26.6 Å². The van der Waals surface area contributed by atoms with Crippen LogP contribution in [0, 0.1) is 0 Å². The van der Waals surface area contributed by atoms with Crippen LogP contribution in [0.2, 0.25) is 0 Å². The molecule has 1 aromatic heterocycles. The highest BCUT2D eigenvalue weighted by Gasteiger charge is 2.12. The lowest BCUT2D eigenvalue weighted by molar-refractivity contribution is -0.137. The Morgan fingerprint density at radius 3 is 2.33 bits per heavy atom. The van der Waals surface area contributed by atoms with E-state index in [0.29, 0.717) is 12.0 Å². The predicted octanol–water partition coefficient (Wildman–Crippen LogP) is 5.05. The Kier molecular flexibility index (Phi) is 7.55. The Balaban J connectivity index is 1.63. The summed E-state index contributed by atoms with van der Waals surface area (Å²) in [5.41, 5.74) is 5.42. The summed E-state index contributed by atoms with van der Waals surface area (Å²) in [7, 11) is 0. The van der Waals surface area contributed by atoms with Crippen LogP contribution in [0.3, 0.4) is 0 Å². The van der Waals surface area contributed by atoms with Gasteiger partial charge in [-0.1, -0.05) is 55.8 Å². The molecule has 0 aliphatic carbocycles. The molecule has 0 aliphatic heterocycles. The average molecular weight is 405 g/mol. The molecule has 0 fully saturated rings. The van der Waals surface area contributed by atoms with E-state index in [1.807, 2.05) is 53.3 Å². The SMILES string of the molecule is CCCc1c(CCc2ccc(C(=O)CCCC(=O)O)cc2)cnn1-c1ccccc1. The molecule has 0 amide bonds. The molecule has 1 heterocycles. The summed E-state index contributed by atoms with van der Waals surface area (Å²) in [6.07, 6.45) is 6.46. The molecule has 3 rings (SSSR count). The molecule has 0 saturated carbocycles. The lowest BCUT2D eigenvalue weighted by Gasteiger charge is -2.09. The third-order valence-electron chi connectivity index (χ3n) is 5.20. The number of carbonyl (C=O) groups is 2. The van der Waals surface area contributed by atoms with Crippen molar-refractivity contribution in [3.8, 4) is 5.69 Å². The number of carbonyl (C=O) groups excluding carboxylic acids is 1. The summed E-state index contributed by atoms with van der Waals surface area (Å²) >= 11 is 0. The van der Waals surface area contributed by atoms with E-state index in [0.717, 1.165) is 31.4 Å². The molecule has 3 aromatic rings. The first kappa shape index (κ1) is 21.5. The zero-order valence-electron chi connectivity index (χ0n) is 17.4. The van der Waals surface area contributed by atoms with Crippen molar-refractivity contribution in [3.63, 3.8) is 0 Å². The van der Waals surface area contributed by atoms with Gasteiger partial charge in [0.2, 0.25) is 0 Å². The maximum Gasteiger partial charge on any atom is 0.303 e. The zero-order valence-corrected chi connectivity index (χ0v) is 17.4. The van der Waals surface area contributed by atoms with Crippen molar-refractivity contribution in [2.45, 2.75) is 51.9 Å². The van der Waals surface area contributed by atoms with Crippen LogP contribution < -0.4 is 0 Å². The van der Waals surface area contributed by atoms with E-state index in [4.69, 9.17) is 5.11 Å². The molecule has 0 atom stereocenters. The molecule has 0 radical (unpaired) electrons. The summed E-state index contributed by atoms with van der Waals surface area (Å²) in [4.78, 5) is 22.7. The third-order valence-corrected chi connectivity index (χ3v) is 5.20. The summed E-state index contributed by atoms with van der Waals surface area (Å²) in [5, 5.41) is 13.3. The maximum atomic E-state index is 12.2. The smallest absolute Gasteiger partial charge is 0.303 e. The van der Waals surface area contributed by atoms with Crippen LogP contribution in [-0.2, 0) is 24.1 Å². The molecular weight excluding hydrogens is 376 g/mol. The number of aryl methyl sites for hydroxylation is 2. The molecule has 0 unspecified atom stereocenters. The number of aromatic nitrogens is 2. The van der Waals surface area contributed by atoms with Gasteiger partial charge < -0.3 is 5.11 Å². The second-order valence-electron chi connectivity index (χ2n) is 7.48. The van der Waals surface area contributed by atoms with Crippen molar-refractivity contribution < 1.29 is 14.7 Å². The van der Waals surface area contributed by atoms with Gasteiger partial charge in [0.05, 0.1) is 11.9 Å². The van der Waals surface area contributed by atoms with Crippen molar-refractivity contribution in [3.05, 3.63) is 83.2 Å². The third kappa shape index (κ3) is 5.66. The van der Waals surface area contributed by atoms with Crippen molar-refractivity contribution in [2.75, 3.05) is 0 Å². The first-order chi connectivity index (χ1) is 14.6. The first-order valence-corrected chi connectivity index (χ1v) is 10.5. The number of ketones is 1. The maximum absolute atomic E-state index is 12.2. The molecule has 0 bridgehead atoms. The van der Waals surface area contributed by atoms with Crippen LogP contribution in [0.25, 0.3) is 5.69 Å². The van der Waals surface area contributed by atoms with Crippen molar-refractivity contribution in [2.24, 2.45) is 0 Å². The minimum Gasteiger partial charge on any atom is -0.481 e. The van der Waals surface area contributed by atoms with Crippen LogP contribution >= 0.6 is 0 Å². The van der Waals surface area contributed by atoms with Gasteiger partial charge in [0.25, 0.3) is 0 Å². The van der Waals surface area contributed by atoms with Gasteiger partial charge in [0.15, 0.2) is 5.78 Å². The molecule has 0 aliphatic rings. The fourth-order valence-electron chi connectivity index (χ4n) is 3.59. The van der Waals surface area contributed by atoms with E-state index in [2.05, 4.69) is 24.2 Å². The number of benzene rings is 2. The van der Waals surface area contributed by atoms with Gasteiger partial charge in [-0.15, -0.1) is 0 Å². The van der Waals surface area contributed by atoms with Gasteiger partial charge in [0, 0.05) is 24.1 Å². The largest absolute Gasteiger partial charge is 0.481 e. The van der Waals surface area contributed by atoms with E-state index in [1.54, 1.807) is 0 Å². The van der Waals surface area contributed by atoms with Crippen molar-refractivity contribution in [1.82, 2.24) is 9.78 Å². The molecule has 2 aromatic carbocycles. The highest BCUT2D eigenvalue weighted by atomic mass is 16.4. The van der Waals surface area contributed by atoms with Gasteiger partial charge >= 0.3 is 5.97 Å². The summed E-state index contributed by atoms with van der Waals surface area (Å²) < 4.78 is 2.04. The molecule has 5 nitrogen and oxygen atoms in total. The molecule has 0 spiro atoms. The number of hydrogen-bond acceptors (Lipinski definition) is 3. The Bertz CT molecular complexity index is 975. The van der Waals surface area contributed by atoms with Gasteiger partial charge in [-0.2, -0.15) is 5.10 Å². The number of carboxylic acid groups (broad SMARTS) is 1. The zero-order chi connectivity index (χ0) is 21.3. The lowest BCUT2D eigenvalue weighted by Crippen LogP contribution is -2.04. The van der Waals surface area contributed by atoms with Gasteiger partial charge in [-0.3, -0.25) is 9.59 Å². The minimum atomic E-state index is -0.865. The number of Topliss-reactive ketones (excluding diaryl/α,β-unsaturated/α-hetero) is 1. The number of nitrogens with zero attached hydrogens (tertiary/aromatic N) is 2. The fourth-order valence-corrected chi connectivity index (χ4v) is 3.59. The van der Waals surface area contributed by atoms with Crippen LogP contribution in [0.1, 0.15) is 59.8 Å². The first-order valence-electron chi connectivity index (χ1n) is 10.5. The Morgan fingerprint density at radius 2 is 1.67 bits per heavy atom. The van der Waals surface area contributed by atoms with Crippen LogP contribution in [0.15, 0.2) is 60.8 Å². The Labute approximate surface area is 177 Å². The van der Waals surface area contributed by atoms with Gasteiger partial charge in [-0.25, -0.2) is 4.68 Å². The number of para-hydroxylation sites is 1. The Morgan fingerprint density at radius 1 is 0.933 bits per heavy atom. The number of rotatable bonds is 11. The van der Waals surface area contributed by atoms with Crippen LogP contribution in [0.5, 0.6) is 0 Å². The second-order valence-corrected chi connectivity index (χ2v) is 7.48. The molecule has 1 N–H and O–H groups in total. The van der Waals surface area contributed by atoms with Crippen molar-refractivity contribution in [1.29, 1.82) is 0 Å². The van der Waals surface area contributed by atoms with E-state index in [1.165, 1.54) is 16.8 Å². The van der Waals surface area contributed by atoms with Crippen LogP contribution in [0.4, 0.5) is 0 Å². The fraction of sp³-hybridized carbons (Fsp3) is 0.320. The second kappa shape index (κ2) is 10.5. The Hall–Kier alpha value is -3.21. The minimum absolute atomic E-state index is 0.00262. The summed E-state index contributed by atoms with van der Waals surface area (Å²) in [6, 6.07) is 17.9. The molecule has 5 heteroatoms. The normalized spacial score (nSPS) is 10.8. The van der Waals surface area contributed by atoms with E-state index < -0.39 is 5.97 Å². The van der Waals surface area contributed by atoms with Gasteiger partial charge in [-0.05, 0) is 48.9 Å². The number of carboxylic acids is 1. The molecule has 0 saturated heterocycles. The van der Waals surface area contributed by atoms with E-state index >= 15 is 0 Å². The lowest BCUT2D eigenvalue weighted by atomic mass is 10.00. The predicted molar refractivity (Wildman–Crippen MR) is 117 cm³/mol. The highest BCUT2D eigenvalue weighted by Crippen LogP contribution is 2.19. The van der Waals surface area contributed by atoms with E-state index in [9.17, 15) is 9.59 Å². The summed E-state index contributed by atoms with van der Waals surface area (Å²) in [5.74, 6) is -0.867. The summed E-state index contributed by atoms with van der Waals surface area (Å²) in [6.45, 7) is 2.18. The average Bonchev–Trinajstić information content (AvgIpc) is 3.16. The topological polar surface area (TPSA) is 72.2 Å². The van der Waals surface area contributed by atoms with E-state index in [-0.39, 0.29) is 18.6 Å². The quantitative estimate of drug-likeness (QED) is 0.454. The molecule has 156 valence electrons. The standard InChI is InChI=1S/C25H28N2O3/c1-2-7-23-21(18-26-27(23)22-8-4-3-5-9-22)17-14-19-12-15-20(16-13-19)24(28)10-6-11-25(29)30/h3-5,8-9,12-13,15-16,18H,2,6-7,10-11,14,17H2,1H3,(H,29,30). The molecule has 30 heavy (non-hydrogen) atoms. The van der Waals surface area contributed by atoms with Crippen molar-refractivity contribution >= 4 is 11.8 Å². The highest BCUT2D eigenvalue weighted by molar-refractivity contribution is 5.96. The number of aliphatic carboxylic acids is 1. The molecular formula is C25H28N2O3.